The number of hydrogen-bond donors (Lipinski definition) is 0. The molecule has 0 aliphatic rings. The molecule has 0 nitrogen and oxygen atoms in total. The van der Waals surface area contributed by atoms with Crippen LogP contribution < -0.4 is 0 Å². The van der Waals surface area contributed by atoms with Crippen molar-refractivity contribution in [3.05, 3.63) is 46.2 Å². The number of rotatable bonds is 2. The second-order valence-electron chi connectivity index (χ2n) is 3.01. The largest absolute Gasteiger partial charge is 0.399 e. The summed E-state index contributed by atoms with van der Waals surface area (Å²) in [5.74, 6) is -2.02. The predicted molar refractivity (Wildman–Crippen MR) is 55.5 cm³/mol. The van der Waals surface area contributed by atoms with E-state index in [4.69, 9.17) is 23.2 Å². The molecule has 1 atom stereocenters. The summed E-state index contributed by atoms with van der Waals surface area (Å²) in [6.07, 6.45) is -4.29. The van der Waals surface area contributed by atoms with Crippen molar-refractivity contribution in [3.63, 3.8) is 0 Å². The number of halogens is 6. The fraction of sp³-hybridized carbons (Fsp3) is 0.200. The third-order valence-electron chi connectivity index (χ3n) is 1.92. The predicted octanol–water partition coefficient (Wildman–Crippen LogP) is 5.12. The van der Waals surface area contributed by atoms with Crippen LogP contribution in [0.2, 0.25) is 10.0 Å². The lowest BCUT2D eigenvalue weighted by atomic mass is 9.99. The minimum Gasteiger partial charge on any atom is -0.216 e. The summed E-state index contributed by atoms with van der Waals surface area (Å²) in [6.45, 7) is 0. The lowest BCUT2D eigenvalue weighted by Crippen LogP contribution is -2.18. The van der Waals surface area contributed by atoms with Gasteiger partial charge in [0.15, 0.2) is 0 Å². The van der Waals surface area contributed by atoms with Gasteiger partial charge in [0.1, 0.15) is 5.92 Å². The molecule has 1 aromatic rings. The first-order valence-corrected chi connectivity index (χ1v) is 4.90. The summed E-state index contributed by atoms with van der Waals surface area (Å²) >= 11 is 11.2. The smallest absolute Gasteiger partial charge is 0.216 e. The molecule has 0 heterocycles. The fourth-order valence-corrected chi connectivity index (χ4v) is 1.49. The highest BCUT2D eigenvalue weighted by molar-refractivity contribution is 6.42. The molecule has 0 spiro atoms. The van der Waals surface area contributed by atoms with E-state index in [2.05, 4.69) is 0 Å². The fourth-order valence-electron chi connectivity index (χ4n) is 1.19. The van der Waals surface area contributed by atoms with Crippen LogP contribution in [-0.4, -0.2) is 6.18 Å². The average molecular weight is 273 g/mol. The molecule has 1 unspecified atom stereocenters. The Kier molecular flexibility index (Phi) is 4.21. The zero-order valence-electron chi connectivity index (χ0n) is 7.73. The Morgan fingerprint density at radius 3 is 2.19 bits per heavy atom. The van der Waals surface area contributed by atoms with Gasteiger partial charge in [-0.05, 0) is 23.8 Å². The Balaban J connectivity index is 3.17. The van der Waals surface area contributed by atoms with Crippen molar-refractivity contribution < 1.29 is 17.6 Å². The van der Waals surface area contributed by atoms with Crippen LogP contribution in [0, 0.1) is 0 Å². The molecule has 0 N–H and O–H groups in total. The highest BCUT2D eigenvalue weighted by Crippen LogP contribution is 2.38. The third kappa shape index (κ3) is 3.12. The molecule has 0 fully saturated rings. The maximum atomic E-state index is 12.5. The van der Waals surface area contributed by atoms with Crippen LogP contribution in [0.4, 0.5) is 17.6 Å². The van der Waals surface area contributed by atoms with Gasteiger partial charge in [0, 0.05) is 0 Å². The molecule has 6 heteroatoms. The van der Waals surface area contributed by atoms with Gasteiger partial charge in [-0.2, -0.15) is 13.2 Å². The molecule has 0 aromatic heterocycles. The lowest BCUT2D eigenvalue weighted by Gasteiger charge is -2.17. The highest BCUT2D eigenvalue weighted by Gasteiger charge is 2.39. The average Bonchev–Trinajstić information content (AvgIpc) is 2.17. The van der Waals surface area contributed by atoms with Crippen LogP contribution in [0.25, 0.3) is 0 Å². The monoisotopic (exact) mass is 272 g/mol. The van der Waals surface area contributed by atoms with E-state index >= 15 is 0 Å². The molecule has 0 saturated heterocycles. The van der Waals surface area contributed by atoms with E-state index in [1.165, 1.54) is 6.07 Å². The molecule has 1 rings (SSSR count). The van der Waals surface area contributed by atoms with E-state index in [-0.39, 0.29) is 21.9 Å². The van der Waals surface area contributed by atoms with E-state index in [0.29, 0.717) is 6.08 Å². The molecular formula is C10H6Cl2F4. The lowest BCUT2D eigenvalue weighted by molar-refractivity contribution is -0.139. The Labute approximate surface area is 99.5 Å². The second-order valence-corrected chi connectivity index (χ2v) is 3.83. The highest BCUT2D eigenvalue weighted by atomic mass is 35.5. The summed E-state index contributed by atoms with van der Waals surface area (Å²) < 4.78 is 49.5. The summed E-state index contributed by atoms with van der Waals surface area (Å²) in [7, 11) is 0. The van der Waals surface area contributed by atoms with Gasteiger partial charge in [0.25, 0.3) is 0 Å². The number of alkyl halides is 3. The quantitative estimate of drug-likeness (QED) is 0.656. The number of benzene rings is 1. The second kappa shape index (κ2) is 5.06. The molecule has 0 amide bonds. The van der Waals surface area contributed by atoms with Crippen molar-refractivity contribution in [1.82, 2.24) is 0 Å². The first-order chi connectivity index (χ1) is 7.36. The van der Waals surface area contributed by atoms with Gasteiger partial charge in [0.2, 0.25) is 0 Å². The summed E-state index contributed by atoms with van der Waals surface area (Å²) in [5, 5.41) is 0.149. The molecule has 88 valence electrons. The zero-order valence-corrected chi connectivity index (χ0v) is 9.24. The van der Waals surface area contributed by atoms with Crippen LogP contribution in [0.15, 0.2) is 30.6 Å². The van der Waals surface area contributed by atoms with Crippen LogP contribution in [0.3, 0.4) is 0 Å². The van der Waals surface area contributed by atoms with Crippen LogP contribution >= 0.6 is 23.2 Å². The van der Waals surface area contributed by atoms with Crippen molar-refractivity contribution >= 4 is 23.2 Å². The Morgan fingerprint density at radius 1 is 1.12 bits per heavy atom. The van der Waals surface area contributed by atoms with Gasteiger partial charge < -0.3 is 0 Å². The molecule has 16 heavy (non-hydrogen) atoms. The summed E-state index contributed by atoms with van der Waals surface area (Å²) in [4.78, 5) is 0. The van der Waals surface area contributed by atoms with Crippen molar-refractivity contribution in [2.75, 3.05) is 0 Å². The standard InChI is InChI=1S/C10H6Cl2F4/c11-8-2-1-6(5-9(8)12)7(3-4-13)10(14,15)16/h1-5,7H/b4-3-. The van der Waals surface area contributed by atoms with E-state index in [1.807, 2.05) is 0 Å². The SMILES string of the molecule is F/C=C\C(c1ccc(Cl)c(Cl)c1)C(F)(F)F. The molecule has 0 aliphatic heterocycles. The molecule has 0 saturated carbocycles. The van der Waals surface area contributed by atoms with Gasteiger partial charge in [0.05, 0.1) is 16.4 Å². The Hall–Kier alpha value is -0.740. The normalized spacial score (nSPS) is 14.4. The van der Waals surface area contributed by atoms with E-state index in [1.54, 1.807) is 0 Å². The third-order valence-corrected chi connectivity index (χ3v) is 2.66. The molecule has 0 bridgehead atoms. The molecule has 0 radical (unpaired) electrons. The van der Waals surface area contributed by atoms with Crippen molar-refractivity contribution in [2.24, 2.45) is 0 Å². The zero-order chi connectivity index (χ0) is 12.3. The molecular weight excluding hydrogens is 267 g/mol. The van der Waals surface area contributed by atoms with E-state index in [9.17, 15) is 17.6 Å². The first-order valence-electron chi connectivity index (χ1n) is 4.15. The van der Waals surface area contributed by atoms with Crippen molar-refractivity contribution in [3.8, 4) is 0 Å². The Bertz CT molecular complexity index is 398. The topological polar surface area (TPSA) is 0 Å². The maximum absolute atomic E-state index is 12.5. The molecule has 1 aromatic carbocycles. The molecule has 0 aliphatic carbocycles. The van der Waals surface area contributed by atoms with Gasteiger partial charge in [-0.1, -0.05) is 29.3 Å². The number of allylic oxidation sites excluding steroid dienone is 1. The van der Waals surface area contributed by atoms with Gasteiger partial charge >= 0.3 is 6.18 Å². The van der Waals surface area contributed by atoms with Gasteiger partial charge in [-0.25, -0.2) is 4.39 Å². The van der Waals surface area contributed by atoms with Crippen molar-refractivity contribution in [2.45, 2.75) is 12.1 Å². The van der Waals surface area contributed by atoms with Crippen LogP contribution in [0.1, 0.15) is 11.5 Å². The van der Waals surface area contributed by atoms with E-state index in [0.717, 1.165) is 12.1 Å². The summed E-state index contributed by atoms with van der Waals surface area (Å²) in [6, 6.07) is 3.47. The van der Waals surface area contributed by atoms with Crippen molar-refractivity contribution in [1.29, 1.82) is 0 Å². The minimum atomic E-state index is -4.57. The van der Waals surface area contributed by atoms with E-state index < -0.39 is 12.1 Å². The van der Waals surface area contributed by atoms with Gasteiger partial charge in [-0.15, -0.1) is 0 Å². The first kappa shape index (κ1) is 13.3. The summed E-state index contributed by atoms with van der Waals surface area (Å²) in [5.41, 5.74) is -0.157. The minimum absolute atomic E-state index is 0.000625. The van der Waals surface area contributed by atoms with Crippen LogP contribution in [0.5, 0.6) is 0 Å². The maximum Gasteiger partial charge on any atom is 0.399 e. The van der Waals surface area contributed by atoms with Gasteiger partial charge in [-0.3, -0.25) is 0 Å². The Morgan fingerprint density at radius 2 is 1.75 bits per heavy atom. The number of hydrogen-bond acceptors (Lipinski definition) is 0. The van der Waals surface area contributed by atoms with Crippen LogP contribution in [-0.2, 0) is 0 Å².